The third-order valence-electron chi connectivity index (χ3n) is 7.83. The fourth-order valence-electron chi connectivity index (χ4n) is 5.98. The third kappa shape index (κ3) is 3.87. The molecule has 204 valence electrons. The molecule has 0 bridgehead atoms. The summed E-state index contributed by atoms with van der Waals surface area (Å²) in [6.45, 7) is -0.110. The van der Waals surface area contributed by atoms with E-state index >= 15 is 4.39 Å². The lowest BCUT2D eigenvalue weighted by Gasteiger charge is -2.18. The van der Waals surface area contributed by atoms with Crippen LogP contribution in [0.5, 0.6) is 5.75 Å². The molecule has 3 aliphatic rings. The maximum Gasteiger partial charge on any atom is 0.262 e. The zero-order valence-electron chi connectivity index (χ0n) is 20.9. The minimum atomic E-state index is -0.606. The average Bonchev–Trinajstić information content (AvgIpc) is 3.27. The van der Waals surface area contributed by atoms with Gasteiger partial charge in [-0.15, -0.1) is 5.10 Å². The van der Waals surface area contributed by atoms with Crippen LogP contribution in [0.3, 0.4) is 0 Å². The first-order valence-corrected chi connectivity index (χ1v) is 13.6. The Hall–Kier alpha value is -4.48. The Morgan fingerprint density at radius 2 is 1.93 bits per heavy atom. The minimum Gasteiger partial charge on any atom is -0.482 e. The van der Waals surface area contributed by atoms with E-state index < -0.39 is 12.0 Å². The number of amides is 1. The second-order valence-electron chi connectivity index (χ2n) is 10.3. The molecule has 10 nitrogen and oxygen atoms in total. The summed E-state index contributed by atoms with van der Waals surface area (Å²) in [6, 6.07) is 13.4. The number of aromatic amines is 1. The quantitative estimate of drug-likeness (QED) is 0.305. The van der Waals surface area contributed by atoms with E-state index in [0.29, 0.717) is 44.7 Å². The van der Waals surface area contributed by atoms with Gasteiger partial charge in [-0.25, -0.2) is 9.67 Å². The van der Waals surface area contributed by atoms with Gasteiger partial charge in [0.25, 0.3) is 11.5 Å². The van der Waals surface area contributed by atoms with Crippen LogP contribution in [0.15, 0.2) is 59.5 Å². The molecule has 2 N–H and O–H groups in total. The second-order valence-corrected chi connectivity index (χ2v) is 11.1. The zero-order chi connectivity index (χ0) is 28.0. The van der Waals surface area contributed by atoms with E-state index in [1.54, 1.807) is 53.2 Å². The first-order valence-electron chi connectivity index (χ1n) is 12.8. The Kier molecular flexibility index (Phi) is 5.20. The van der Waals surface area contributed by atoms with E-state index in [9.17, 15) is 9.59 Å². The Morgan fingerprint density at radius 1 is 1.05 bits per heavy atom. The van der Waals surface area contributed by atoms with Crippen molar-refractivity contribution in [3.8, 4) is 33.8 Å². The number of hydrogen-bond acceptors (Lipinski definition) is 6. The Bertz CT molecular complexity index is 1980. The van der Waals surface area contributed by atoms with Crippen molar-refractivity contribution in [2.24, 2.45) is 5.92 Å². The SMILES string of the molecule is O=C1COc2cc(-c3nc(C4C5CC5c5cc(-c6cc(Cl)ccc6-n6cc(Cl)nn6)cc(=O)n54)[nH]c3F)ccc2N1. The average molecular weight is 590 g/mol. The number of carbonyl (C=O) groups excluding carboxylic acids is 1. The summed E-state index contributed by atoms with van der Waals surface area (Å²) in [4.78, 5) is 32.6. The van der Waals surface area contributed by atoms with Crippen LogP contribution in [-0.2, 0) is 4.79 Å². The van der Waals surface area contributed by atoms with Gasteiger partial charge >= 0.3 is 0 Å². The monoisotopic (exact) mass is 589 g/mol. The summed E-state index contributed by atoms with van der Waals surface area (Å²) >= 11 is 12.3. The number of H-pyrrole nitrogens is 1. The van der Waals surface area contributed by atoms with E-state index in [0.717, 1.165) is 12.1 Å². The molecule has 41 heavy (non-hydrogen) atoms. The molecule has 3 unspecified atom stereocenters. The highest BCUT2D eigenvalue weighted by atomic mass is 35.5. The summed E-state index contributed by atoms with van der Waals surface area (Å²) in [5.41, 5.74) is 3.83. The van der Waals surface area contributed by atoms with Crippen molar-refractivity contribution in [2.45, 2.75) is 18.4 Å². The number of pyridine rings is 1. The van der Waals surface area contributed by atoms with Gasteiger partial charge < -0.3 is 19.6 Å². The summed E-state index contributed by atoms with van der Waals surface area (Å²) in [7, 11) is 0. The minimum absolute atomic E-state index is 0.110. The highest BCUT2D eigenvalue weighted by molar-refractivity contribution is 6.31. The lowest BCUT2D eigenvalue weighted by molar-refractivity contribution is -0.118. The van der Waals surface area contributed by atoms with Gasteiger partial charge in [0, 0.05) is 33.8 Å². The zero-order valence-corrected chi connectivity index (χ0v) is 22.4. The van der Waals surface area contributed by atoms with Gasteiger partial charge in [0.2, 0.25) is 5.95 Å². The molecular formula is C28H18Cl2FN7O3. The van der Waals surface area contributed by atoms with Crippen LogP contribution in [0.1, 0.15) is 29.9 Å². The smallest absolute Gasteiger partial charge is 0.262 e. The number of nitrogens with one attached hydrogen (secondary N) is 2. The molecule has 1 fully saturated rings. The molecule has 1 amide bonds. The molecule has 2 aromatic carbocycles. The molecule has 1 saturated carbocycles. The van der Waals surface area contributed by atoms with Crippen LogP contribution < -0.4 is 15.6 Å². The summed E-state index contributed by atoms with van der Waals surface area (Å²) < 4.78 is 24.0. The first kappa shape index (κ1) is 24.3. The number of halogens is 3. The maximum atomic E-state index is 15.2. The predicted octanol–water partition coefficient (Wildman–Crippen LogP) is 4.97. The van der Waals surface area contributed by atoms with Crippen molar-refractivity contribution >= 4 is 34.8 Å². The molecule has 3 aromatic heterocycles. The molecule has 0 radical (unpaired) electrons. The third-order valence-corrected chi connectivity index (χ3v) is 8.24. The molecule has 5 heterocycles. The number of ether oxygens (including phenoxy) is 1. The van der Waals surface area contributed by atoms with Crippen molar-refractivity contribution in [1.29, 1.82) is 0 Å². The molecule has 8 rings (SSSR count). The topological polar surface area (TPSA) is 120 Å². The van der Waals surface area contributed by atoms with Crippen LogP contribution in [0.4, 0.5) is 10.1 Å². The van der Waals surface area contributed by atoms with Crippen LogP contribution >= 0.6 is 23.2 Å². The molecular weight excluding hydrogens is 572 g/mol. The number of hydrogen-bond donors (Lipinski definition) is 2. The fourth-order valence-corrected chi connectivity index (χ4v) is 6.28. The van der Waals surface area contributed by atoms with Crippen LogP contribution in [0, 0.1) is 11.9 Å². The number of rotatable bonds is 4. The number of fused-ring (bicyclic) bond motifs is 4. The number of nitrogens with zero attached hydrogens (tertiary/aromatic N) is 5. The predicted molar refractivity (Wildman–Crippen MR) is 148 cm³/mol. The Balaban J connectivity index is 1.19. The summed E-state index contributed by atoms with van der Waals surface area (Å²) in [5.74, 6) is 0.230. The van der Waals surface area contributed by atoms with Crippen LogP contribution in [0.2, 0.25) is 10.2 Å². The molecule has 2 aliphatic heterocycles. The van der Waals surface area contributed by atoms with E-state index in [1.165, 1.54) is 4.68 Å². The van der Waals surface area contributed by atoms with Gasteiger partial charge in [-0.1, -0.05) is 34.5 Å². The lowest BCUT2D eigenvalue weighted by atomic mass is 10.0. The number of benzene rings is 2. The molecule has 0 spiro atoms. The van der Waals surface area contributed by atoms with Crippen molar-refractivity contribution in [2.75, 3.05) is 11.9 Å². The van der Waals surface area contributed by atoms with Gasteiger partial charge in [0.05, 0.1) is 23.6 Å². The maximum absolute atomic E-state index is 15.2. The highest BCUT2D eigenvalue weighted by Gasteiger charge is 2.54. The van der Waals surface area contributed by atoms with Gasteiger partial charge in [0.15, 0.2) is 11.8 Å². The summed E-state index contributed by atoms with van der Waals surface area (Å²) in [6.07, 6.45) is 2.44. The summed E-state index contributed by atoms with van der Waals surface area (Å²) in [5, 5.41) is 11.4. The van der Waals surface area contributed by atoms with Crippen LogP contribution in [0.25, 0.3) is 28.1 Å². The van der Waals surface area contributed by atoms with Crippen LogP contribution in [-0.4, -0.2) is 42.0 Å². The van der Waals surface area contributed by atoms with Gasteiger partial charge in [0.1, 0.15) is 17.3 Å². The standard InChI is InChI=1S/C28H18Cl2FN7O3/c29-14-2-4-19(37-10-22(30)35-36-37)15(8-14)13-5-20-16-9-17(16)26(38(20)24(40)7-13)28-33-25(27(31)34-28)12-1-3-18-21(6-12)41-11-23(39)32-18/h1-8,10,16-17,26H,9,11H2,(H,32,39)(H,33,34). The van der Waals surface area contributed by atoms with E-state index in [1.807, 2.05) is 6.07 Å². The Morgan fingerprint density at radius 3 is 2.76 bits per heavy atom. The van der Waals surface area contributed by atoms with Crippen molar-refractivity contribution < 1.29 is 13.9 Å². The largest absolute Gasteiger partial charge is 0.482 e. The van der Waals surface area contributed by atoms with E-state index in [4.69, 9.17) is 27.9 Å². The second kappa shape index (κ2) is 8.76. The lowest BCUT2D eigenvalue weighted by Crippen LogP contribution is -2.26. The van der Waals surface area contributed by atoms with Gasteiger partial charge in [-0.3, -0.25) is 9.59 Å². The number of anilines is 1. The molecule has 3 atom stereocenters. The number of carbonyl (C=O) groups is 1. The van der Waals surface area contributed by atoms with Crippen molar-refractivity contribution in [3.63, 3.8) is 0 Å². The fraction of sp³-hybridized carbons (Fsp3) is 0.179. The molecule has 5 aromatic rings. The normalized spacial score (nSPS) is 20.2. The van der Waals surface area contributed by atoms with Crippen molar-refractivity contribution in [1.82, 2.24) is 29.5 Å². The number of aromatic nitrogens is 6. The molecule has 0 saturated heterocycles. The van der Waals surface area contributed by atoms with Gasteiger partial charge in [-0.2, -0.15) is 4.39 Å². The van der Waals surface area contributed by atoms with E-state index in [2.05, 4.69) is 25.6 Å². The molecule has 13 heteroatoms. The van der Waals surface area contributed by atoms with Gasteiger partial charge in [-0.05, 0) is 54.3 Å². The van der Waals surface area contributed by atoms with E-state index in [-0.39, 0.29) is 40.8 Å². The highest BCUT2D eigenvalue weighted by Crippen LogP contribution is 2.60. The molecule has 1 aliphatic carbocycles. The number of imidazole rings is 1. The first-order chi connectivity index (χ1) is 19.8. The Labute approximate surface area is 240 Å². The van der Waals surface area contributed by atoms with Crippen molar-refractivity contribution in [3.05, 3.63) is 92.7 Å².